The van der Waals surface area contributed by atoms with Crippen LogP contribution in [-0.4, -0.2) is 56.4 Å². The molecule has 0 fully saturated rings. The molecule has 1 aliphatic rings. The standard InChI is InChI=1S/C27H33N3O7/c1-3-36-27(34)30-22-15-8-7-13-20(22)17-23(30)24(31)29-21(25(32)35-2)14-9-10-16-28-26(33)37-18-19-11-5-4-6-12-19/h4-8,11-13,15,21,23H,3,9-10,14,16-18H2,1-2H3,(H,28,33)(H,29,31). The average molecular weight is 512 g/mol. The van der Waals surface area contributed by atoms with Gasteiger partial charge in [0, 0.05) is 13.0 Å². The van der Waals surface area contributed by atoms with Gasteiger partial charge >= 0.3 is 18.2 Å². The first-order valence-electron chi connectivity index (χ1n) is 12.3. The minimum atomic E-state index is -0.893. The van der Waals surface area contributed by atoms with Crippen LogP contribution in [0.1, 0.15) is 37.3 Å². The number of esters is 1. The molecule has 0 spiro atoms. The zero-order chi connectivity index (χ0) is 26.6. The van der Waals surface area contributed by atoms with Gasteiger partial charge in [0.25, 0.3) is 0 Å². The largest absolute Gasteiger partial charge is 0.467 e. The molecule has 198 valence electrons. The monoisotopic (exact) mass is 511 g/mol. The lowest BCUT2D eigenvalue weighted by Crippen LogP contribution is -2.52. The first kappa shape index (κ1) is 27.5. The van der Waals surface area contributed by atoms with Crippen molar-refractivity contribution in [2.75, 3.05) is 25.2 Å². The molecule has 37 heavy (non-hydrogen) atoms. The third-order valence-corrected chi connectivity index (χ3v) is 5.95. The fraction of sp³-hybridized carbons (Fsp3) is 0.407. The van der Waals surface area contributed by atoms with E-state index >= 15 is 0 Å². The predicted molar refractivity (Wildman–Crippen MR) is 136 cm³/mol. The van der Waals surface area contributed by atoms with Gasteiger partial charge in [0.15, 0.2) is 0 Å². The highest BCUT2D eigenvalue weighted by Gasteiger charge is 2.40. The third kappa shape index (κ3) is 7.70. The van der Waals surface area contributed by atoms with Gasteiger partial charge in [-0.2, -0.15) is 0 Å². The van der Waals surface area contributed by atoms with Crippen LogP contribution in [0.4, 0.5) is 15.3 Å². The highest BCUT2D eigenvalue weighted by Crippen LogP contribution is 2.32. The number of hydrogen-bond donors (Lipinski definition) is 2. The van der Waals surface area contributed by atoms with E-state index in [4.69, 9.17) is 14.2 Å². The highest BCUT2D eigenvalue weighted by molar-refractivity contribution is 6.01. The SMILES string of the molecule is CCOC(=O)N1c2ccccc2CC1C(=O)NC(CCCCNC(=O)OCc1ccccc1)C(=O)OC. The second-order valence-corrected chi connectivity index (χ2v) is 8.49. The Morgan fingerprint density at radius 3 is 2.46 bits per heavy atom. The van der Waals surface area contributed by atoms with Gasteiger partial charge in [0.1, 0.15) is 18.7 Å². The normalized spacial score (nSPS) is 14.8. The quantitative estimate of drug-likeness (QED) is 0.269. The number of para-hydroxylation sites is 1. The number of amides is 3. The number of nitrogens with one attached hydrogen (secondary N) is 2. The average Bonchev–Trinajstić information content (AvgIpc) is 3.31. The van der Waals surface area contributed by atoms with Crippen LogP contribution >= 0.6 is 0 Å². The summed E-state index contributed by atoms with van der Waals surface area (Å²) in [5.74, 6) is -1.05. The molecule has 0 saturated carbocycles. The number of alkyl carbamates (subject to hydrolysis) is 1. The molecular weight excluding hydrogens is 478 g/mol. The first-order chi connectivity index (χ1) is 17.9. The van der Waals surface area contributed by atoms with Crippen molar-refractivity contribution >= 4 is 29.8 Å². The lowest BCUT2D eigenvalue weighted by Gasteiger charge is -2.25. The molecule has 0 bridgehead atoms. The highest BCUT2D eigenvalue weighted by atomic mass is 16.6. The summed E-state index contributed by atoms with van der Waals surface area (Å²) in [6.45, 7) is 2.39. The number of hydrogen-bond acceptors (Lipinski definition) is 7. The molecule has 1 aliphatic heterocycles. The van der Waals surface area contributed by atoms with E-state index in [0.29, 0.717) is 37.9 Å². The first-order valence-corrected chi connectivity index (χ1v) is 12.3. The van der Waals surface area contributed by atoms with Crippen molar-refractivity contribution in [3.63, 3.8) is 0 Å². The number of fused-ring (bicyclic) bond motifs is 1. The predicted octanol–water partition coefficient (Wildman–Crippen LogP) is 3.33. The maximum Gasteiger partial charge on any atom is 0.415 e. The summed E-state index contributed by atoms with van der Waals surface area (Å²) < 4.78 is 15.2. The van der Waals surface area contributed by atoms with Crippen molar-refractivity contribution in [3.05, 3.63) is 65.7 Å². The Hall–Kier alpha value is -4.08. The van der Waals surface area contributed by atoms with Crippen LogP contribution in [0, 0.1) is 0 Å². The molecule has 10 heteroatoms. The molecule has 2 aromatic carbocycles. The van der Waals surface area contributed by atoms with Crippen LogP contribution < -0.4 is 15.5 Å². The van der Waals surface area contributed by atoms with Crippen molar-refractivity contribution in [3.8, 4) is 0 Å². The van der Waals surface area contributed by atoms with Gasteiger partial charge < -0.3 is 24.8 Å². The Kier molecular flexibility index (Phi) is 10.3. The van der Waals surface area contributed by atoms with Crippen LogP contribution in [-0.2, 0) is 36.8 Å². The Morgan fingerprint density at radius 1 is 1.00 bits per heavy atom. The van der Waals surface area contributed by atoms with Crippen LogP contribution in [0.2, 0.25) is 0 Å². The number of benzene rings is 2. The van der Waals surface area contributed by atoms with Crippen LogP contribution in [0.5, 0.6) is 0 Å². The van der Waals surface area contributed by atoms with Crippen molar-refractivity contribution in [1.29, 1.82) is 0 Å². The summed E-state index contributed by atoms with van der Waals surface area (Å²) in [6.07, 6.45) is 0.565. The second-order valence-electron chi connectivity index (χ2n) is 8.49. The number of rotatable bonds is 11. The number of carbonyl (C=O) groups is 4. The lowest BCUT2D eigenvalue weighted by atomic mass is 10.1. The second kappa shape index (κ2) is 13.9. The maximum absolute atomic E-state index is 13.2. The van der Waals surface area contributed by atoms with E-state index in [1.807, 2.05) is 42.5 Å². The zero-order valence-electron chi connectivity index (χ0n) is 21.1. The number of nitrogens with zero attached hydrogens (tertiary/aromatic N) is 1. The molecule has 2 aromatic rings. The van der Waals surface area contributed by atoms with Crippen LogP contribution in [0.15, 0.2) is 54.6 Å². The lowest BCUT2D eigenvalue weighted by molar-refractivity contribution is -0.145. The Labute approximate surface area is 216 Å². The molecule has 3 amide bonds. The molecule has 0 saturated heterocycles. The van der Waals surface area contributed by atoms with Gasteiger partial charge in [0.05, 0.1) is 19.4 Å². The number of ether oxygens (including phenoxy) is 3. The summed E-state index contributed by atoms with van der Waals surface area (Å²) in [6, 6.07) is 14.9. The van der Waals surface area contributed by atoms with Gasteiger partial charge in [-0.05, 0) is 43.4 Å². The number of anilines is 1. The topological polar surface area (TPSA) is 123 Å². The van der Waals surface area contributed by atoms with Gasteiger partial charge in [-0.3, -0.25) is 9.69 Å². The van der Waals surface area contributed by atoms with E-state index in [1.54, 1.807) is 19.1 Å². The summed E-state index contributed by atoms with van der Waals surface area (Å²) >= 11 is 0. The smallest absolute Gasteiger partial charge is 0.415 e. The molecular formula is C27H33N3O7. The Morgan fingerprint density at radius 2 is 1.73 bits per heavy atom. The molecule has 0 aromatic heterocycles. The zero-order valence-corrected chi connectivity index (χ0v) is 21.1. The van der Waals surface area contributed by atoms with Crippen molar-refractivity contribution in [2.45, 2.75) is 51.3 Å². The van der Waals surface area contributed by atoms with Crippen molar-refractivity contribution in [1.82, 2.24) is 10.6 Å². The molecule has 0 radical (unpaired) electrons. The summed E-state index contributed by atoms with van der Waals surface area (Å²) in [7, 11) is 1.25. The van der Waals surface area contributed by atoms with Gasteiger partial charge in [0.2, 0.25) is 5.91 Å². The number of carbonyl (C=O) groups excluding carboxylic acids is 4. The summed E-state index contributed by atoms with van der Waals surface area (Å²) in [4.78, 5) is 51.4. The van der Waals surface area contributed by atoms with E-state index < -0.39 is 36.1 Å². The number of methoxy groups -OCH3 is 1. The van der Waals surface area contributed by atoms with Crippen LogP contribution in [0.25, 0.3) is 0 Å². The van der Waals surface area contributed by atoms with E-state index in [9.17, 15) is 19.2 Å². The number of unbranched alkanes of at least 4 members (excludes halogenated alkanes) is 1. The van der Waals surface area contributed by atoms with E-state index in [1.165, 1.54) is 12.0 Å². The van der Waals surface area contributed by atoms with E-state index in [0.717, 1.165) is 11.1 Å². The molecule has 2 N–H and O–H groups in total. The Balaban J connectivity index is 1.49. The third-order valence-electron chi connectivity index (χ3n) is 5.95. The van der Waals surface area contributed by atoms with E-state index in [2.05, 4.69) is 10.6 Å². The fourth-order valence-electron chi connectivity index (χ4n) is 4.11. The van der Waals surface area contributed by atoms with Gasteiger partial charge in [-0.15, -0.1) is 0 Å². The minimum Gasteiger partial charge on any atom is -0.467 e. The summed E-state index contributed by atoms with van der Waals surface area (Å²) in [5, 5.41) is 5.41. The minimum absolute atomic E-state index is 0.171. The molecule has 3 rings (SSSR count). The van der Waals surface area contributed by atoms with E-state index in [-0.39, 0.29) is 13.2 Å². The molecule has 2 unspecified atom stereocenters. The van der Waals surface area contributed by atoms with Crippen LogP contribution in [0.3, 0.4) is 0 Å². The fourth-order valence-corrected chi connectivity index (χ4v) is 4.11. The molecule has 10 nitrogen and oxygen atoms in total. The Bertz CT molecular complexity index is 1080. The van der Waals surface area contributed by atoms with Crippen molar-refractivity contribution in [2.24, 2.45) is 0 Å². The van der Waals surface area contributed by atoms with Crippen molar-refractivity contribution < 1.29 is 33.4 Å². The van der Waals surface area contributed by atoms with Gasteiger partial charge in [-0.25, -0.2) is 14.4 Å². The van der Waals surface area contributed by atoms with Gasteiger partial charge in [-0.1, -0.05) is 48.5 Å². The molecule has 1 heterocycles. The molecule has 2 atom stereocenters. The maximum atomic E-state index is 13.2. The molecule has 0 aliphatic carbocycles. The summed E-state index contributed by atoms with van der Waals surface area (Å²) in [5.41, 5.74) is 2.35.